The Morgan fingerprint density at radius 2 is 1.77 bits per heavy atom. The lowest BCUT2D eigenvalue weighted by Gasteiger charge is -2.47. The predicted molar refractivity (Wildman–Crippen MR) is 142 cm³/mol. The maximum atomic E-state index is 13.3. The SMILES string of the molecule is CCCN1c2cc(Cl)c(/C=C3/C(=O)NC(=O)N(c4ccc(Cl)cc4Cl)C3=O)cc2C(C)CC1(C)C. The molecule has 4 rings (SSSR count). The molecule has 4 amide bonds. The minimum atomic E-state index is -0.885. The summed E-state index contributed by atoms with van der Waals surface area (Å²) in [7, 11) is 0. The minimum Gasteiger partial charge on any atom is -0.366 e. The number of hydrogen-bond acceptors (Lipinski definition) is 4. The first-order valence-electron chi connectivity index (χ1n) is 11.4. The Labute approximate surface area is 219 Å². The highest BCUT2D eigenvalue weighted by atomic mass is 35.5. The molecule has 1 fully saturated rings. The van der Waals surface area contributed by atoms with E-state index in [9.17, 15) is 14.4 Å². The average Bonchev–Trinajstić information content (AvgIpc) is 2.75. The lowest BCUT2D eigenvalue weighted by atomic mass is 9.79. The summed E-state index contributed by atoms with van der Waals surface area (Å²) in [6, 6.07) is 7.33. The Balaban J connectivity index is 1.78. The number of nitrogens with one attached hydrogen (secondary N) is 1. The van der Waals surface area contributed by atoms with Gasteiger partial charge in [-0.2, -0.15) is 0 Å². The van der Waals surface area contributed by atoms with Crippen LogP contribution in [0.5, 0.6) is 0 Å². The summed E-state index contributed by atoms with van der Waals surface area (Å²) >= 11 is 18.9. The van der Waals surface area contributed by atoms with E-state index in [0.29, 0.717) is 15.6 Å². The number of amides is 4. The van der Waals surface area contributed by atoms with Crippen LogP contribution in [0.15, 0.2) is 35.9 Å². The van der Waals surface area contributed by atoms with Gasteiger partial charge in [-0.25, -0.2) is 9.69 Å². The number of benzene rings is 2. The number of rotatable bonds is 4. The van der Waals surface area contributed by atoms with Gasteiger partial charge in [-0.1, -0.05) is 48.7 Å². The van der Waals surface area contributed by atoms with Gasteiger partial charge in [-0.15, -0.1) is 0 Å². The van der Waals surface area contributed by atoms with E-state index >= 15 is 0 Å². The fraction of sp³-hybridized carbons (Fsp3) is 0.346. The Morgan fingerprint density at radius 1 is 1.06 bits per heavy atom. The molecule has 2 aromatic carbocycles. The van der Waals surface area contributed by atoms with Gasteiger partial charge < -0.3 is 4.90 Å². The molecule has 1 atom stereocenters. The molecular formula is C26H26Cl3N3O3. The predicted octanol–water partition coefficient (Wildman–Crippen LogP) is 6.82. The zero-order valence-electron chi connectivity index (χ0n) is 19.9. The van der Waals surface area contributed by atoms with Crippen molar-refractivity contribution in [3.8, 4) is 0 Å². The van der Waals surface area contributed by atoms with E-state index in [1.54, 1.807) is 0 Å². The molecule has 0 aliphatic carbocycles. The lowest BCUT2D eigenvalue weighted by molar-refractivity contribution is -0.122. The second-order valence-corrected chi connectivity index (χ2v) is 10.8. The summed E-state index contributed by atoms with van der Waals surface area (Å²) in [6.07, 6.45) is 3.38. The van der Waals surface area contributed by atoms with Crippen LogP contribution >= 0.6 is 34.8 Å². The standard InChI is InChI=1S/C26H26Cl3N3O3/c1-5-8-31-22-12-19(28)15(9-17(22)14(2)13-26(31,3)4)10-18-23(33)30-25(35)32(24(18)34)21-7-6-16(27)11-20(21)29/h6-7,9-12,14H,5,8,13H2,1-4H3,(H,30,33,35)/b18-10-. The molecule has 1 N–H and O–H groups in total. The third-order valence-electron chi connectivity index (χ3n) is 6.50. The number of imide groups is 2. The van der Waals surface area contributed by atoms with Crippen LogP contribution < -0.4 is 15.1 Å². The second-order valence-electron chi connectivity index (χ2n) is 9.56. The fourth-order valence-corrected chi connectivity index (χ4v) is 5.68. The van der Waals surface area contributed by atoms with Crippen molar-refractivity contribution in [1.82, 2.24) is 5.32 Å². The van der Waals surface area contributed by atoms with Gasteiger partial charge in [0.1, 0.15) is 5.57 Å². The first-order valence-corrected chi connectivity index (χ1v) is 12.6. The molecule has 2 heterocycles. The number of anilines is 2. The zero-order chi connectivity index (χ0) is 25.7. The number of nitrogens with zero attached hydrogens (tertiary/aromatic N) is 2. The van der Waals surface area contributed by atoms with Crippen LogP contribution in [-0.4, -0.2) is 29.9 Å². The molecule has 1 unspecified atom stereocenters. The summed E-state index contributed by atoms with van der Waals surface area (Å²) in [5, 5.41) is 3.08. The molecule has 0 radical (unpaired) electrons. The van der Waals surface area contributed by atoms with E-state index in [2.05, 4.69) is 37.9 Å². The summed E-state index contributed by atoms with van der Waals surface area (Å²) in [5.41, 5.74) is 2.58. The Morgan fingerprint density at radius 3 is 2.43 bits per heavy atom. The van der Waals surface area contributed by atoms with E-state index in [0.717, 1.165) is 35.5 Å². The summed E-state index contributed by atoms with van der Waals surface area (Å²) in [5.74, 6) is -1.33. The van der Waals surface area contributed by atoms with Crippen molar-refractivity contribution in [3.05, 3.63) is 62.1 Å². The summed E-state index contributed by atoms with van der Waals surface area (Å²) < 4.78 is 0. The largest absolute Gasteiger partial charge is 0.366 e. The molecule has 1 saturated heterocycles. The van der Waals surface area contributed by atoms with E-state index in [1.807, 2.05) is 12.1 Å². The molecule has 184 valence electrons. The van der Waals surface area contributed by atoms with Gasteiger partial charge in [0.2, 0.25) is 0 Å². The van der Waals surface area contributed by atoms with E-state index in [4.69, 9.17) is 34.8 Å². The van der Waals surface area contributed by atoms with Crippen molar-refractivity contribution in [2.75, 3.05) is 16.3 Å². The van der Waals surface area contributed by atoms with Gasteiger partial charge in [0.05, 0.1) is 10.7 Å². The number of fused-ring (bicyclic) bond motifs is 1. The number of carbonyl (C=O) groups excluding carboxylic acids is 3. The van der Waals surface area contributed by atoms with Crippen molar-refractivity contribution < 1.29 is 14.4 Å². The van der Waals surface area contributed by atoms with Crippen molar-refractivity contribution in [2.24, 2.45) is 0 Å². The maximum absolute atomic E-state index is 13.3. The number of hydrogen-bond donors (Lipinski definition) is 1. The van der Waals surface area contributed by atoms with Crippen LogP contribution in [0.25, 0.3) is 6.08 Å². The molecule has 0 saturated carbocycles. The minimum absolute atomic E-state index is 0.0241. The number of urea groups is 1. The first-order chi connectivity index (χ1) is 16.4. The van der Waals surface area contributed by atoms with Gasteiger partial charge in [0, 0.05) is 27.8 Å². The smallest absolute Gasteiger partial charge is 0.335 e. The van der Waals surface area contributed by atoms with Gasteiger partial charge in [-0.05, 0) is 80.1 Å². The molecule has 0 spiro atoms. The van der Waals surface area contributed by atoms with Crippen molar-refractivity contribution in [2.45, 2.75) is 52.0 Å². The second kappa shape index (κ2) is 9.49. The molecule has 2 aromatic rings. The number of barbiturate groups is 1. The molecule has 2 aliphatic heterocycles. The van der Waals surface area contributed by atoms with Crippen LogP contribution in [0.4, 0.5) is 16.2 Å². The van der Waals surface area contributed by atoms with Crippen molar-refractivity contribution >= 4 is 70.1 Å². The van der Waals surface area contributed by atoms with Crippen LogP contribution in [-0.2, 0) is 9.59 Å². The van der Waals surface area contributed by atoms with E-state index in [1.165, 1.54) is 24.3 Å². The lowest BCUT2D eigenvalue weighted by Crippen LogP contribution is -2.54. The first kappa shape index (κ1) is 25.5. The molecule has 9 heteroatoms. The highest BCUT2D eigenvalue weighted by Gasteiger charge is 2.39. The summed E-state index contributed by atoms with van der Waals surface area (Å²) in [6.45, 7) is 9.65. The average molecular weight is 535 g/mol. The van der Waals surface area contributed by atoms with Crippen LogP contribution in [0, 0.1) is 0 Å². The third kappa shape index (κ3) is 4.67. The number of carbonyl (C=O) groups is 3. The normalized spacial score (nSPS) is 20.8. The molecule has 35 heavy (non-hydrogen) atoms. The van der Waals surface area contributed by atoms with E-state index in [-0.39, 0.29) is 27.7 Å². The molecule has 0 aromatic heterocycles. The quantitative estimate of drug-likeness (QED) is 0.345. The van der Waals surface area contributed by atoms with Crippen molar-refractivity contribution in [3.63, 3.8) is 0 Å². The van der Waals surface area contributed by atoms with Crippen LogP contribution in [0.1, 0.15) is 57.6 Å². The Hall–Kier alpha value is -2.54. The van der Waals surface area contributed by atoms with Gasteiger partial charge in [0.25, 0.3) is 11.8 Å². The van der Waals surface area contributed by atoms with Gasteiger partial charge >= 0.3 is 6.03 Å². The van der Waals surface area contributed by atoms with Crippen LogP contribution in [0.3, 0.4) is 0 Å². The highest BCUT2D eigenvalue weighted by molar-refractivity contribution is 6.43. The van der Waals surface area contributed by atoms with Gasteiger partial charge in [0.15, 0.2) is 0 Å². The van der Waals surface area contributed by atoms with E-state index < -0.39 is 17.8 Å². The molecule has 2 aliphatic rings. The third-order valence-corrected chi connectivity index (χ3v) is 7.37. The molecule has 6 nitrogen and oxygen atoms in total. The van der Waals surface area contributed by atoms with Crippen LogP contribution in [0.2, 0.25) is 15.1 Å². The van der Waals surface area contributed by atoms with Gasteiger partial charge in [-0.3, -0.25) is 14.9 Å². The zero-order valence-corrected chi connectivity index (χ0v) is 22.2. The molecule has 0 bridgehead atoms. The molecular weight excluding hydrogens is 509 g/mol. The monoisotopic (exact) mass is 533 g/mol. The number of halogens is 3. The topological polar surface area (TPSA) is 69.7 Å². The summed E-state index contributed by atoms with van der Waals surface area (Å²) in [4.78, 5) is 41.7. The maximum Gasteiger partial charge on any atom is 0.335 e. The van der Waals surface area contributed by atoms with Crippen molar-refractivity contribution in [1.29, 1.82) is 0 Å². The Bertz CT molecular complexity index is 1270. The highest BCUT2D eigenvalue weighted by Crippen LogP contribution is 2.45. The fourth-order valence-electron chi connectivity index (χ4n) is 4.97. The Kier molecular flexibility index (Phi) is 6.93.